The monoisotopic (exact) mass is 281 g/mol. The van der Waals surface area contributed by atoms with Crippen molar-refractivity contribution in [2.45, 2.75) is 0 Å². The summed E-state index contributed by atoms with van der Waals surface area (Å²) in [5, 5.41) is 0. The molecule has 2 aromatic carbocycles. The van der Waals surface area contributed by atoms with Crippen LogP contribution in [0.4, 0.5) is 0 Å². The quantitative estimate of drug-likeness (QED) is 0.465. The fourth-order valence-corrected chi connectivity index (χ4v) is 2.09. The molecule has 0 aliphatic carbocycles. The van der Waals surface area contributed by atoms with E-state index in [1.54, 1.807) is 0 Å². The summed E-state index contributed by atoms with van der Waals surface area (Å²) in [5.74, 6) is 0. The van der Waals surface area contributed by atoms with E-state index in [0.717, 1.165) is 26.2 Å². The van der Waals surface area contributed by atoms with Gasteiger partial charge in [0.2, 0.25) is 0 Å². The molecule has 1 heterocycles. The van der Waals surface area contributed by atoms with Gasteiger partial charge in [0, 0.05) is 0 Å². The summed E-state index contributed by atoms with van der Waals surface area (Å²) in [4.78, 5) is 9.16. The number of para-hydroxylation sites is 3. The minimum absolute atomic E-state index is 0.946. The SMILES string of the molecule is [Ru][c]1cccc2nc3ccccc3nc12. The average molecular weight is 280 g/mol. The first-order valence-electron chi connectivity index (χ1n) is 4.64. The third kappa shape index (κ3) is 1.44. The van der Waals surface area contributed by atoms with Gasteiger partial charge in [0.25, 0.3) is 0 Å². The normalized spacial score (nSPS) is 11.0. The molecule has 0 bridgehead atoms. The van der Waals surface area contributed by atoms with Crippen LogP contribution < -0.4 is 4.16 Å². The second-order valence-corrected chi connectivity index (χ2v) is 4.24. The van der Waals surface area contributed by atoms with E-state index >= 15 is 0 Å². The summed E-state index contributed by atoms with van der Waals surface area (Å²) < 4.78 is 1.10. The van der Waals surface area contributed by atoms with Gasteiger partial charge in [-0.3, -0.25) is 0 Å². The molecule has 0 amide bonds. The van der Waals surface area contributed by atoms with E-state index in [4.69, 9.17) is 0 Å². The van der Waals surface area contributed by atoms with Gasteiger partial charge in [0.15, 0.2) is 0 Å². The van der Waals surface area contributed by atoms with E-state index < -0.39 is 0 Å². The van der Waals surface area contributed by atoms with Crippen LogP contribution in [0.15, 0.2) is 42.5 Å². The Morgan fingerprint density at radius 3 is 2.20 bits per heavy atom. The van der Waals surface area contributed by atoms with Gasteiger partial charge >= 0.3 is 97.0 Å². The van der Waals surface area contributed by atoms with Crippen LogP contribution in [0.3, 0.4) is 0 Å². The van der Waals surface area contributed by atoms with Crippen LogP contribution >= 0.6 is 0 Å². The standard InChI is InChI=1S/C12H7N2.Ru/c1-2-6-10-9(5-1)13-11-7-3-4-8-12(11)14-10;/h1-7H;. The van der Waals surface area contributed by atoms with Crippen LogP contribution in [-0.4, -0.2) is 9.97 Å². The molecular formula is C12H7N2Ru. The van der Waals surface area contributed by atoms with E-state index in [1.165, 1.54) is 0 Å². The molecule has 3 heteroatoms. The molecule has 15 heavy (non-hydrogen) atoms. The van der Waals surface area contributed by atoms with Crippen molar-refractivity contribution in [1.29, 1.82) is 0 Å². The average Bonchev–Trinajstić information content (AvgIpc) is 2.27. The van der Waals surface area contributed by atoms with Crippen molar-refractivity contribution < 1.29 is 18.3 Å². The third-order valence-corrected chi connectivity index (χ3v) is 3.01. The van der Waals surface area contributed by atoms with Gasteiger partial charge < -0.3 is 0 Å². The van der Waals surface area contributed by atoms with Crippen molar-refractivity contribution in [1.82, 2.24) is 9.97 Å². The molecule has 0 N–H and O–H groups in total. The van der Waals surface area contributed by atoms with E-state index in [-0.39, 0.29) is 0 Å². The Morgan fingerprint density at radius 1 is 0.733 bits per heavy atom. The summed E-state index contributed by atoms with van der Waals surface area (Å²) in [6.45, 7) is 0. The number of nitrogens with zero attached hydrogens (tertiary/aromatic N) is 2. The Labute approximate surface area is 97.0 Å². The zero-order chi connectivity index (χ0) is 10.3. The Kier molecular flexibility index (Phi) is 2.00. The molecule has 0 radical (unpaired) electrons. The summed E-state index contributed by atoms with van der Waals surface area (Å²) in [6.07, 6.45) is 0. The van der Waals surface area contributed by atoms with Crippen LogP contribution in [0.25, 0.3) is 22.1 Å². The molecule has 0 saturated carbocycles. The third-order valence-electron chi connectivity index (χ3n) is 2.31. The maximum absolute atomic E-state index is 4.60. The van der Waals surface area contributed by atoms with Gasteiger partial charge in [-0.1, -0.05) is 0 Å². The molecule has 0 spiro atoms. The first kappa shape index (κ1) is 8.93. The van der Waals surface area contributed by atoms with Crippen molar-refractivity contribution in [2.75, 3.05) is 0 Å². The number of fused-ring (bicyclic) bond motifs is 2. The zero-order valence-corrected chi connectivity index (χ0v) is 9.53. The first-order valence-corrected chi connectivity index (χ1v) is 5.51. The predicted molar refractivity (Wildman–Crippen MR) is 56.7 cm³/mol. The van der Waals surface area contributed by atoms with Crippen LogP contribution in [0.2, 0.25) is 0 Å². The summed E-state index contributed by atoms with van der Waals surface area (Å²) in [6, 6.07) is 14.0. The molecule has 1 aromatic heterocycles. The number of rotatable bonds is 0. The predicted octanol–water partition coefficient (Wildman–Crippen LogP) is 1.96. The van der Waals surface area contributed by atoms with Gasteiger partial charge in [-0.05, 0) is 0 Å². The zero-order valence-electron chi connectivity index (χ0n) is 7.79. The van der Waals surface area contributed by atoms with Gasteiger partial charge in [0.1, 0.15) is 0 Å². The Balaban J connectivity index is 2.53. The van der Waals surface area contributed by atoms with E-state index in [2.05, 4.69) is 28.3 Å². The van der Waals surface area contributed by atoms with Crippen LogP contribution in [0, 0.1) is 0 Å². The fraction of sp³-hybridized carbons (Fsp3) is 0. The van der Waals surface area contributed by atoms with Crippen molar-refractivity contribution >= 4 is 26.2 Å². The molecule has 0 aliphatic rings. The number of hydrogen-bond donors (Lipinski definition) is 0. The van der Waals surface area contributed by atoms with Gasteiger partial charge in [-0.2, -0.15) is 0 Å². The van der Waals surface area contributed by atoms with Gasteiger partial charge in [-0.25, -0.2) is 0 Å². The Bertz CT molecular complexity index is 649. The second kappa shape index (κ2) is 3.35. The summed E-state index contributed by atoms with van der Waals surface area (Å²) in [5.41, 5.74) is 3.81. The van der Waals surface area contributed by atoms with Crippen LogP contribution in [0.1, 0.15) is 0 Å². The van der Waals surface area contributed by atoms with Crippen molar-refractivity contribution in [3.05, 3.63) is 42.5 Å². The van der Waals surface area contributed by atoms with Gasteiger partial charge in [-0.15, -0.1) is 0 Å². The number of aromatic nitrogens is 2. The topological polar surface area (TPSA) is 25.8 Å². The molecule has 2 nitrogen and oxygen atoms in total. The molecular weight excluding hydrogens is 273 g/mol. The number of benzene rings is 2. The molecule has 0 atom stereocenters. The minimum atomic E-state index is 0.946. The molecule has 3 aromatic rings. The summed E-state index contributed by atoms with van der Waals surface area (Å²) in [7, 11) is 0. The van der Waals surface area contributed by atoms with Gasteiger partial charge in [0.05, 0.1) is 0 Å². The van der Waals surface area contributed by atoms with Crippen molar-refractivity contribution in [2.24, 2.45) is 0 Å². The van der Waals surface area contributed by atoms with Crippen molar-refractivity contribution in [3.8, 4) is 0 Å². The molecule has 0 saturated heterocycles. The van der Waals surface area contributed by atoms with E-state index in [0.29, 0.717) is 0 Å². The Hall–Kier alpha value is -1.34. The van der Waals surface area contributed by atoms with Crippen molar-refractivity contribution in [3.63, 3.8) is 0 Å². The number of hydrogen-bond acceptors (Lipinski definition) is 2. The fourth-order valence-electron chi connectivity index (χ4n) is 1.60. The Morgan fingerprint density at radius 2 is 1.40 bits per heavy atom. The van der Waals surface area contributed by atoms with E-state index in [9.17, 15) is 0 Å². The molecule has 3 rings (SSSR count). The summed E-state index contributed by atoms with van der Waals surface area (Å²) >= 11 is 2.59. The molecule has 0 unspecified atom stereocenters. The molecule has 73 valence electrons. The second-order valence-electron chi connectivity index (χ2n) is 3.31. The van der Waals surface area contributed by atoms with Crippen LogP contribution in [-0.2, 0) is 18.3 Å². The maximum atomic E-state index is 4.60. The van der Waals surface area contributed by atoms with E-state index in [1.807, 2.05) is 42.5 Å². The molecule has 0 fully saturated rings. The first-order chi connectivity index (χ1) is 7.34. The molecule has 0 aliphatic heterocycles. The van der Waals surface area contributed by atoms with Crippen LogP contribution in [0.5, 0.6) is 0 Å².